The van der Waals surface area contributed by atoms with E-state index in [0.29, 0.717) is 6.04 Å². The molecule has 1 fully saturated rings. The van der Waals surface area contributed by atoms with Gasteiger partial charge in [-0.3, -0.25) is 15.0 Å². The second-order valence-corrected chi connectivity index (χ2v) is 6.43. The van der Waals surface area contributed by atoms with Crippen LogP contribution in [0.25, 0.3) is 0 Å². The van der Waals surface area contributed by atoms with Crippen molar-refractivity contribution in [3.05, 3.63) is 34.4 Å². The number of benzene rings is 1. The summed E-state index contributed by atoms with van der Waals surface area (Å²) >= 11 is 0. The van der Waals surface area contributed by atoms with Crippen LogP contribution in [-0.2, 0) is 0 Å². The minimum absolute atomic E-state index is 0.148. The van der Waals surface area contributed by atoms with Gasteiger partial charge in [0.15, 0.2) is 0 Å². The topological polar surface area (TPSA) is 49.6 Å². The Kier molecular flexibility index (Phi) is 3.99. The van der Waals surface area contributed by atoms with Gasteiger partial charge < -0.3 is 4.90 Å². The van der Waals surface area contributed by atoms with E-state index >= 15 is 0 Å². The van der Waals surface area contributed by atoms with Crippen molar-refractivity contribution in [1.29, 1.82) is 0 Å². The van der Waals surface area contributed by atoms with Crippen molar-refractivity contribution in [2.45, 2.75) is 39.3 Å². The maximum atomic E-state index is 10.7. The molecule has 5 heteroatoms. The van der Waals surface area contributed by atoms with E-state index in [0.717, 1.165) is 25.3 Å². The first-order valence-electron chi connectivity index (χ1n) is 7.05. The molecule has 0 aromatic heterocycles. The molecule has 0 unspecified atom stereocenters. The Bertz CT molecular complexity index is 479. The lowest BCUT2D eigenvalue weighted by Gasteiger charge is -2.47. The Morgan fingerprint density at radius 1 is 1.20 bits per heavy atom. The van der Waals surface area contributed by atoms with E-state index < -0.39 is 0 Å². The van der Waals surface area contributed by atoms with Crippen molar-refractivity contribution in [2.24, 2.45) is 0 Å². The van der Waals surface area contributed by atoms with Gasteiger partial charge in [0, 0.05) is 49.0 Å². The Hall–Kier alpha value is -1.62. The number of rotatable bonds is 2. The molecule has 1 aromatic carbocycles. The summed E-state index contributed by atoms with van der Waals surface area (Å²) in [5.41, 5.74) is 1.40. The summed E-state index contributed by atoms with van der Waals surface area (Å²) in [4.78, 5) is 15.1. The molecular formula is C15H23N3O2. The molecule has 0 amide bonds. The van der Waals surface area contributed by atoms with Crippen molar-refractivity contribution < 1.29 is 4.92 Å². The smallest absolute Gasteiger partial charge is 0.269 e. The van der Waals surface area contributed by atoms with E-state index in [1.807, 2.05) is 12.1 Å². The van der Waals surface area contributed by atoms with Gasteiger partial charge in [-0.1, -0.05) is 0 Å². The van der Waals surface area contributed by atoms with Gasteiger partial charge in [-0.15, -0.1) is 0 Å². The minimum Gasteiger partial charge on any atom is -0.369 e. The summed E-state index contributed by atoms with van der Waals surface area (Å²) in [5, 5.41) is 10.7. The zero-order valence-corrected chi connectivity index (χ0v) is 12.7. The van der Waals surface area contributed by atoms with Crippen LogP contribution >= 0.6 is 0 Å². The molecule has 0 bridgehead atoms. The third kappa shape index (κ3) is 3.10. The van der Waals surface area contributed by atoms with E-state index in [2.05, 4.69) is 37.5 Å². The summed E-state index contributed by atoms with van der Waals surface area (Å²) < 4.78 is 0. The molecule has 110 valence electrons. The Balaban J connectivity index is 2.07. The first-order chi connectivity index (χ1) is 9.29. The summed E-state index contributed by atoms with van der Waals surface area (Å²) in [6.07, 6.45) is 0. The van der Waals surface area contributed by atoms with Crippen molar-refractivity contribution in [2.75, 3.05) is 24.5 Å². The largest absolute Gasteiger partial charge is 0.369 e. The summed E-state index contributed by atoms with van der Waals surface area (Å²) in [5.74, 6) is 0. The van der Waals surface area contributed by atoms with Crippen molar-refractivity contribution in [1.82, 2.24) is 4.90 Å². The first-order valence-corrected chi connectivity index (χ1v) is 7.05. The average molecular weight is 277 g/mol. The molecule has 0 N–H and O–H groups in total. The molecule has 0 aliphatic carbocycles. The fourth-order valence-electron chi connectivity index (χ4n) is 2.97. The first kappa shape index (κ1) is 14.8. The van der Waals surface area contributed by atoms with Crippen LogP contribution in [0.3, 0.4) is 0 Å². The number of nitro groups is 1. The van der Waals surface area contributed by atoms with Gasteiger partial charge in [0.2, 0.25) is 0 Å². The Morgan fingerprint density at radius 2 is 1.80 bits per heavy atom. The van der Waals surface area contributed by atoms with Crippen LogP contribution in [0.2, 0.25) is 0 Å². The molecule has 0 spiro atoms. The maximum absolute atomic E-state index is 10.7. The molecule has 1 heterocycles. The second kappa shape index (κ2) is 5.40. The van der Waals surface area contributed by atoms with Gasteiger partial charge in [0.25, 0.3) is 5.69 Å². The minimum atomic E-state index is -0.357. The van der Waals surface area contributed by atoms with Gasteiger partial charge >= 0.3 is 0 Å². The number of piperazine rings is 1. The molecule has 1 saturated heterocycles. The van der Waals surface area contributed by atoms with Gasteiger partial charge in [-0.2, -0.15) is 0 Å². The van der Waals surface area contributed by atoms with Gasteiger partial charge in [0.05, 0.1) is 4.92 Å². The third-order valence-corrected chi connectivity index (χ3v) is 3.91. The number of hydrogen-bond donors (Lipinski definition) is 0. The number of hydrogen-bond acceptors (Lipinski definition) is 4. The second-order valence-electron chi connectivity index (χ2n) is 6.43. The molecule has 1 aromatic rings. The fourth-order valence-corrected chi connectivity index (χ4v) is 2.97. The molecule has 5 nitrogen and oxygen atoms in total. The van der Waals surface area contributed by atoms with Gasteiger partial charge in [-0.05, 0) is 39.8 Å². The van der Waals surface area contributed by atoms with Gasteiger partial charge in [0.1, 0.15) is 0 Å². The lowest BCUT2D eigenvalue weighted by molar-refractivity contribution is -0.384. The molecule has 2 rings (SSSR count). The van der Waals surface area contributed by atoms with Crippen LogP contribution in [0.1, 0.15) is 27.7 Å². The van der Waals surface area contributed by atoms with Crippen molar-refractivity contribution in [3.63, 3.8) is 0 Å². The predicted molar refractivity (Wildman–Crippen MR) is 81.2 cm³/mol. The van der Waals surface area contributed by atoms with Crippen LogP contribution in [0.5, 0.6) is 0 Å². The molecule has 20 heavy (non-hydrogen) atoms. The van der Waals surface area contributed by atoms with Crippen LogP contribution in [0.4, 0.5) is 11.4 Å². The monoisotopic (exact) mass is 277 g/mol. The van der Waals surface area contributed by atoms with E-state index in [-0.39, 0.29) is 16.1 Å². The molecule has 0 saturated carbocycles. The highest BCUT2D eigenvalue weighted by molar-refractivity contribution is 5.51. The summed E-state index contributed by atoms with van der Waals surface area (Å²) in [6.45, 7) is 11.9. The van der Waals surface area contributed by atoms with Crippen molar-refractivity contribution >= 4 is 11.4 Å². The molecule has 1 aliphatic rings. The summed E-state index contributed by atoms with van der Waals surface area (Å²) in [6, 6.07) is 7.32. The third-order valence-electron chi connectivity index (χ3n) is 3.91. The number of nitro benzene ring substituents is 1. The normalized spacial score (nSPS) is 21.0. The number of non-ortho nitro benzene ring substituents is 1. The van der Waals surface area contributed by atoms with E-state index in [1.165, 1.54) is 0 Å². The lowest BCUT2D eigenvalue weighted by atomic mass is 10.0. The van der Waals surface area contributed by atoms with Gasteiger partial charge in [-0.25, -0.2) is 0 Å². The van der Waals surface area contributed by atoms with E-state index in [9.17, 15) is 10.1 Å². The fraction of sp³-hybridized carbons (Fsp3) is 0.600. The predicted octanol–water partition coefficient (Wildman–Crippen LogP) is 2.90. The lowest BCUT2D eigenvalue weighted by Crippen LogP contribution is -2.58. The molecule has 0 radical (unpaired) electrons. The number of nitrogens with zero attached hydrogens (tertiary/aromatic N) is 3. The average Bonchev–Trinajstić information content (AvgIpc) is 2.37. The SMILES string of the molecule is C[C@H]1CN(c2ccc([N+](=O)[O-])cc2)CCN1C(C)(C)C. The molecule has 1 aliphatic heterocycles. The summed E-state index contributed by atoms with van der Waals surface area (Å²) in [7, 11) is 0. The Labute approximate surface area is 120 Å². The molecular weight excluding hydrogens is 254 g/mol. The van der Waals surface area contributed by atoms with E-state index in [4.69, 9.17) is 0 Å². The highest BCUT2D eigenvalue weighted by atomic mass is 16.6. The zero-order chi connectivity index (χ0) is 14.9. The standard InChI is InChI=1S/C15H23N3O2/c1-12-11-16(9-10-17(12)15(2,3)4)13-5-7-14(8-6-13)18(19)20/h5-8,12H,9-11H2,1-4H3/t12-/m0/s1. The maximum Gasteiger partial charge on any atom is 0.269 e. The van der Waals surface area contributed by atoms with Crippen LogP contribution in [0.15, 0.2) is 24.3 Å². The Morgan fingerprint density at radius 3 is 2.25 bits per heavy atom. The van der Waals surface area contributed by atoms with Crippen molar-refractivity contribution in [3.8, 4) is 0 Å². The highest BCUT2D eigenvalue weighted by Crippen LogP contribution is 2.25. The molecule has 1 atom stereocenters. The van der Waals surface area contributed by atoms with Crippen LogP contribution in [-0.4, -0.2) is 41.0 Å². The number of anilines is 1. The van der Waals surface area contributed by atoms with Crippen LogP contribution < -0.4 is 4.90 Å². The zero-order valence-electron chi connectivity index (χ0n) is 12.7. The highest BCUT2D eigenvalue weighted by Gasteiger charge is 2.31. The quantitative estimate of drug-likeness (QED) is 0.616. The van der Waals surface area contributed by atoms with E-state index in [1.54, 1.807) is 12.1 Å². The van der Waals surface area contributed by atoms with Crippen LogP contribution in [0, 0.1) is 10.1 Å².